The topological polar surface area (TPSA) is 29.5 Å². The monoisotopic (exact) mass is 536 g/mol. The first-order valence-electron chi connectivity index (χ1n) is 10.8. The van der Waals surface area contributed by atoms with Crippen LogP contribution in [0.5, 0.6) is 5.75 Å². The summed E-state index contributed by atoms with van der Waals surface area (Å²) >= 11 is 13.9. The van der Waals surface area contributed by atoms with Gasteiger partial charge in [-0.05, 0) is 59.9 Å². The average Bonchev–Trinajstić information content (AvgIpc) is 3.34. The highest BCUT2D eigenvalue weighted by Gasteiger charge is 2.30. The summed E-state index contributed by atoms with van der Waals surface area (Å²) in [5.41, 5.74) is 1.86. The number of hydrogen-bond acceptors (Lipinski definition) is 3. The molecule has 1 unspecified atom stereocenters. The fourth-order valence-electron chi connectivity index (χ4n) is 3.64. The Hall–Kier alpha value is -2.51. The van der Waals surface area contributed by atoms with E-state index < -0.39 is 11.7 Å². The lowest BCUT2D eigenvalue weighted by Gasteiger charge is -2.18. The van der Waals surface area contributed by atoms with Crippen LogP contribution >= 0.6 is 34.5 Å². The molecule has 1 aromatic heterocycles. The van der Waals surface area contributed by atoms with Crippen molar-refractivity contribution in [1.82, 2.24) is 0 Å². The Balaban J connectivity index is 1.55. The van der Waals surface area contributed by atoms with Gasteiger partial charge in [0.05, 0.1) is 23.3 Å². The minimum atomic E-state index is -4.37. The Kier molecular flexibility index (Phi) is 8.07. The maximum absolute atomic E-state index is 12.9. The molecule has 0 aliphatic heterocycles. The molecule has 0 amide bonds. The van der Waals surface area contributed by atoms with E-state index in [2.05, 4.69) is 0 Å². The molecule has 0 saturated heterocycles. The van der Waals surface area contributed by atoms with E-state index in [0.29, 0.717) is 30.0 Å². The molecule has 0 aliphatic rings. The van der Waals surface area contributed by atoms with Gasteiger partial charge in [-0.1, -0.05) is 71.7 Å². The van der Waals surface area contributed by atoms with Crippen molar-refractivity contribution in [2.75, 3.05) is 0 Å². The number of aromatic hydroxyl groups is 1. The largest absolute Gasteiger partial charge is 0.506 e. The fourth-order valence-corrected chi connectivity index (χ4v) is 5.18. The number of thiophene rings is 1. The highest BCUT2D eigenvalue weighted by molar-refractivity contribution is 7.15. The third-order valence-electron chi connectivity index (χ3n) is 5.55. The van der Waals surface area contributed by atoms with Crippen LogP contribution in [0.4, 0.5) is 13.2 Å². The number of phenolic OH excluding ortho intramolecular Hbond substituents is 1. The SMILES string of the molecule is Oc1ccc(CCC(OCc2ccccc2)c2ccc(-c3ccc(C(F)(F)F)cc3)s2)c(Cl)c1Cl. The molecule has 0 radical (unpaired) electrons. The van der Waals surface area contributed by atoms with Crippen LogP contribution < -0.4 is 0 Å². The molecule has 1 atom stereocenters. The van der Waals surface area contributed by atoms with Crippen molar-refractivity contribution >= 4 is 34.5 Å². The predicted molar refractivity (Wildman–Crippen MR) is 135 cm³/mol. The molecule has 0 aliphatic carbocycles. The molecule has 1 heterocycles. The Morgan fingerprint density at radius 1 is 0.857 bits per heavy atom. The quantitative estimate of drug-likeness (QED) is 0.243. The standard InChI is InChI=1S/C27H21Cl2F3O2S/c28-25-19(8-12-21(33)26(25)29)9-13-22(34-16-17-4-2-1-3-5-17)24-15-14-23(35-24)18-6-10-20(11-7-18)27(30,31)32/h1-8,10-12,14-15,22,33H,9,13,16H2. The second kappa shape index (κ2) is 11.0. The van der Waals surface area contributed by atoms with E-state index >= 15 is 0 Å². The van der Waals surface area contributed by atoms with Gasteiger partial charge in [0.2, 0.25) is 0 Å². The van der Waals surface area contributed by atoms with Crippen molar-refractivity contribution in [1.29, 1.82) is 0 Å². The summed E-state index contributed by atoms with van der Waals surface area (Å²) < 4.78 is 45.0. The van der Waals surface area contributed by atoms with Gasteiger partial charge in [-0.25, -0.2) is 0 Å². The Bertz CT molecular complexity index is 1270. The molecule has 4 rings (SSSR count). The van der Waals surface area contributed by atoms with Crippen LogP contribution in [-0.2, 0) is 23.9 Å². The van der Waals surface area contributed by atoms with Crippen LogP contribution in [-0.4, -0.2) is 5.11 Å². The first kappa shape index (κ1) is 25.6. The van der Waals surface area contributed by atoms with E-state index in [-0.39, 0.29) is 16.9 Å². The van der Waals surface area contributed by atoms with Crippen LogP contribution in [0, 0.1) is 0 Å². The second-order valence-electron chi connectivity index (χ2n) is 7.97. The van der Waals surface area contributed by atoms with Crippen LogP contribution in [0.15, 0.2) is 78.9 Å². The van der Waals surface area contributed by atoms with Gasteiger partial charge in [0, 0.05) is 9.75 Å². The predicted octanol–water partition coefficient (Wildman–Crippen LogP) is 9.34. The smallest absolute Gasteiger partial charge is 0.416 e. The minimum Gasteiger partial charge on any atom is -0.506 e. The Labute approximate surface area is 215 Å². The molecular formula is C27H21Cl2F3O2S. The molecule has 2 nitrogen and oxygen atoms in total. The molecule has 35 heavy (non-hydrogen) atoms. The second-order valence-corrected chi connectivity index (χ2v) is 9.84. The summed E-state index contributed by atoms with van der Waals surface area (Å²) in [6, 6.07) is 22.0. The Morgan fingerprint density at radius 3 is 2.26 bits per heavy atom. The van der Waals surface area contributed by atoms with E-state index in [1.54, 1.807) is 6.07 Å². The number of phenols is 1. The van der Waals surface area contributed by atoms with E-state index in [0.717, 1.165) is 33.0 Å². The first-order valence-corrected chi connectivity index (χ1v) is 12.4. The van der Waals surface area contributed by atoms with E-state index in [4.69, 9.17) is 27.9 Å². The van der Waals surface area contributed by atoms with Gasteiger partial charge >= 0.3 is 6.18 Å². The lowest BCUT2D eigenvalue weighted by molar-refractivity contribution is -0.137. The van der Waals surface area contributed by atoms with Crippen LogP contribution in [0.3, 0.4) is 0 Å². The molecule has 0 fully saturated rings. The zero-order valence-corrected chi connectivity index (χ0v) is 20.7. The molecule has 0 saturated carbocycles. The Morgan fingerprint density at radius 2 is 1.57 bits per heavy atom. The van der Waals surface area contributed by atoms with Gasteiger partial charge < -0.3 is 9.84 Å². The number of alkyl halides is 3. The number of halogens is 5. The van der Waals surface area contributed by atoms with Gasteiger partial charge in [0.1, 0.15) is 10.8 Å². The van der Waals surface area contributed by atoms with Gasteiger partial charge in [-0.3, -0.25) is 0 Å². The number of hydrogen-bond donors (Lipinski definition) is 1. The average molecular weight is 537 g/mol. The molecule has 4 aromatic rings. The normalized spacial score (nSPS) is 12.6. The number of aryl methyl sites for hydroxylation is 1. The van der Waals surface area contributed by atoms with Crippen molar-refractivity contribution in [3.05, 3.63) is 110 Å². The summed E-state index contributed by atoms with van der Waals surface area (Å²) in [5.74, 6) is -0.0725. The lowest BCUT2D eigenvalue weighted by atomic mass is 10.0. The van der Waals surface area contributed by atoms with Gasteiger partial charge in [-0.2, -0.15) is 13.2 Å². The highest BCUT2D eigenvalue weighted by atomic mass is 35.5. The summed E-state index contributed by atoms with van der Waals surface area (Å²) in [6.45, 7) is 0.406. The number of rotatable bonds is 8. The van der Waals surface area contributed by atoms with Crippen molar-refractivity contribution in [2.45, 2.75) is 31.7 Å². The third-order valence-corrected chi connectivity index (χ3v) is 7.69. The van der Waals surface area contributed by atoms with Gasteiger partial charge in [0.15, 0.2) is 0 Å². The summed E-state index contributed by atoms with van der Waals surface area (Å²) in [6.07, 6.45) is -3.48. The molecule has 8 heteroatoms. The van der Waals surface area contributed by atoms with Crippen molar-refractivity contribution < 1.29 is 23.0 Å². The summed E-state index contributed by atoms with van der Waals surface area (Å²) in [4.78, 5) is 1.81. The zero-order chi connectivity index (χ0) is 25.0. The summed E-state index contributed by atoms with van der Waals surface area (Å²) in [5, 5.41) is 10.2. The van der Waals surface area contributed by atoms with Crippen LogP contribution in [0.25, 0.3) is 10.4 Å². The molecule has 1 N–H and O–H groups in total. The van der Waals surface area contributed by atoms with E-state index in [1.165, 1.54) is 29.5 Å². The number of ether oxygens (including phenoxy) is 1. The summed E-state index contributed by atoms with van der Waals surface area (Å²) in [7, 11) is 0. The maximum Gasteiger partial charge on any atom is 0.416 e. The highest BCUT2D eigenvalue weighted by Crippen LogP contribution is 2.39. The molecule has 182 valence electrons. The fraction of sp³-hybridized carbons (Fsp3) is 0.185. The van der Waals surface area contributed by atoms with Crippen molar-refractivity contribution in [3.8, 4) is 16.2 Å². The molecule has 3 aromatic carbocycles. The minimum absolute atomic E-state index is 0.0725. The van der Waals surface area contributed by atoms with E-state index in [9.17, 15) is 18.3 Å². The van der Waals surface area contributed by atoms with E-state index in [1.807, 2.05) is 42.5 Å². The lowest BCUT2D eigenvalue weighted by Crippen LogP contribution is -2.05. The molecule has 0 bridgehead atoms. The van der Waals surface area contributed by atoms with Crippen molar-refractivity contribution in [2.24, 2.45) is 0 Å². The molecular weight excluding hydrogens is 516 g/mol. The van der Waals surface area contributed by atoms with Gasteiger partial charge in [-0.15, -0.1) is 11.3 Å². The molecule has 0 spiro atoms. The number of benzene rings is 3. The first-order chi connectivity index (χ1) is 16.7. The third kappa shape index (κ3) is 6.39. The maximum atomic E-state index is 12.9. The van der Waals surface area contributed by atoms with Gasteiger partial charge in [0.25, 0.3) is 0 Å². The van der Waals surface area contributed by atoms with Crippen LogP contribution in [0.1, 0.15) is 34.1 Å². The zero-order valence-electron chi connectivity index (χ0n) is 18.4. The van der Waals surface area contributed by atoms with Crippen LogP contribution in [0.2, 0.25) is 10.0 Å². The van der Waals surface area contributed by atoms with Crippen molar-refractivity contribution in [3.63, 3.8) is 0 Å².